The lowest BCUT2D eigenvalue weighted by Gasteiger charge is -2.11. The smallest absolute Gasteiger partial charge is 0.319 e. The van der Waals surface area contributed by atoms with Crippen LogP contribution in [0, 0.1) is 0 Å². The van der Waals surface area contributed by atoms with Crippen molar-refractivity contribution in [2.24, 2.45) is 0 Å². The van der Waals surface area contributed by atoms with E-state index in [9.17, 15) is 9.59 Å². The quantitative estimate of drug-likeness (QED) is 0.823. The number of aryl methyl sites for hydroxylation is 1. The number of nitrogens with one attached hydrogen (secondary N) is 2. The number of aromatic nitrogens is 2. The number of carbonyl (C=O) groups excluding carboxylic acids is 2. The Morgan fingerprint density at radius 2 is 2.26 bits per heavy atom. The number of rotatable bonds is 5. The van der Waals surface area contributed by atoms with Crippen molar-refractivity contribution in [3.05, 3.63) is 42.5 Å². The van der Waals surface area contributed by atoms with Crippen molar-refractivity contribution in [1.29, 1.82) is 0 Å². The number of benzene rings is 1. The summed E-state index contributed by atoms with van der Waals surface area (Å²) in [6, 6.07) is 5.27. The molecule has 0 bridgehead atoms. The monoisotopic (exact) mass is 313 g/mol. The maximum Gasteiger partial charge on any atom is 0.319 e. The number of likely N-dealkylation sites (N-methyl/N-ethyl adjacent to an activating group) is 1. The summed E-state index contributed by atoms with van der Waals surface area (Å²) in [6.07, 6.45) is 6.59. The van der Waals surface area contributed by atoms with Crippen LogP contribution in [0.1, 0.15) is 12.0 Å². The van der Waals surface area contributed by atoms with Gasteiger partial charge in [0.15, 0.2) is 0 Å². The van der Waals surface area contributed by atoms with E-state index in [0.717, 1.165) is 24.2 Å². The fourth-order valence-corrected chi connectivity index (χ4v) is 2.61. The highest BCUT2D eigenvalue weighted by molar-refractivity contribution is 6.01. The third kappa shape index (κ3) is 3.50. The van der Waals surface area contributed by atoms with Crippen molar-refractivity contribution in [3.8, 4) is 0 Å². The summed E-state index contributed by atoms with van der Waals surface area (Å²) in [5, 5.41) is 5.61. The molecule has 7 nitrogen and oxygen atoms in total. The SMILES string of the molecule is CN1C(=O)Cc2cc(NC(=O)NCCCn3ccnc3)ccc21. The number of fused-ring (bicyclic) bond motifs is 1. The first-order valence-electron chi connectivity index (χ1n) is 7.53. The molecule has 0 atom stereocenters. The second-order valence-electron chi connectivity index (χ2n) is 5.51. The summed E-state index contributed by atoms with van der Waals surface area (Å²) in [6.45, 7) is 1.39. The highest BCUT2D eigenvalue weighted by atomic mass is 16.2. The molecule has 2 heterocycles. The minimum Gasteiger partial charge on any atom is -0.338 e. The van der Waals surface area contributed by atoms with Gasteiger partial charge in [0.2, 0.25) is 5.91 Å². The number of anilines is 2. The van der Waals surface area contributed by atoms with Crippen LogP contribution in [0.2, 0.25) is 0 Å². The minimum absolute atomic E-state index is 0.0705. The minimum atomic E-state index is -0.242. The van der Waals surface area contributed by atoms with E-state index in [-0.39, 0.29) is 11.9 Å². The molecule has 3 amide bonds. The maximum absolute atomic E-state index is 11.9. The van der Waals surface area contributed by atoms with Crippen molar-refractivity contribution >= 4 is 23.3 Å². The van der Waals surface area contributed by atoms with E-state index in [4.69, 9.17) is 0 Å². The van der Waals surface area contributed by atoms with Crippen molar-refractivity contribution in [2.75, 3.05) is 23.8 Å². The molecule has 0 aliphatic carbocycles. The lowest BCUT2D eigenvalue weighted by Crippen LogP contribution is -2.30. The lowest BCUT2D eigenvalue weighted by molar-refractivity contribution is -0.117. The standard InChI is InChI=1S/C16H19N5O2/c1-20-14-4-3-13(9-12(14)10-15(20)22)19-16(23)18-5-2-7-21-8-6-17-11-21/h3-4,6,8-9,11H,2,5,7,10H2,1H3,(H2,18,19,23). The van der Waals surface area contributed by atoms with E-state index in [0.29, 0.717) is 18.7 Å². The number of amides is 3. The molecular weight excluding hydrogens is 294 g/mol. The molecule has 1 aliphatic rings. The van der Waals surface area contributed by atoms with E-state index in [1.165, 1.54) is 0 Å². The third-order valence-corrected chi connectivity index (χ3v) is 3.85. The summed E-state index contributed by atoms with van der Waals surface area (Å²) in [5.74, 6) is 0.0705. The average molecular weight is 313 g/mol. The van der Waals surface area contributed by atoms with Crippen LogP contribution in [0.3, 0.4) is 0 Å². The van der Waals surface area contributed by atoms with Crippen LogP contribution in [0.15, 0.2) is 36.9 Å². The van der Waals surface area contributed by atoms with Gasteiger partial charge in [0, 0.05) is 43.9 Å². The van der Waals surface area contributed by atoms with Crippen LogP contribution in [-0.2, 0) is 17.8 Å². The predicted octanol–water partition coefficient (Wildman–Crippen LogP) is 1.61. The van der Waals surface area contributed by atoms with E-state index >= 15 is 0 Å². The van der Waals surface area contributed by atoms with Crippen LogP contribution in [-0.4, -0.2) is 35.1 Å². The molecule has 0 saturated heterocycles. The fraction of sp³-hybridized carbons (Fsp3) is 0.312. The molecule has 1 aliphatic heterocycles. The number of hydrogen-bond acceptors (Lipinski definition) is 3. The van der Waals surface area contributed by atoms with Gasteiger partial charge < -0.3 is 20.1 Å². The first kappa shape index (κ1) is 15.1. The molecule has 0 saturated carbocycles. The summed E-state index contributed by atoms with van der Waals surface area (Å²) >= 11 is 0. The van der Waals surface area contributed by atoms with Gasteiger partial charge in [-0.25, -0.2) is 9.78 Å². The zero-order valence-electron chi connectivity index (χ0n) is 13.0. The van der Waals surface area contributed by atoms with Gasteiger partial charge in [0.05, 0.1) is 12.7 Å². The maximum atomic E-state index is 11.9. The molecule has 2 N–H and O–H groups in total. The van der Waals surface area contributed by atoms with Gasteiger partial charge >= 0.3 is 6.03 Å². The Morgan fingerprint density at radius 3 is 3.04 bits per heavy atom. The summed E-state index contributed by atoms with van der Waals surface area (Å²) < 4.78 is 1.97. The summed E-state index contributed by atoms with van der Waals surface area (Å²) in [5.41, 5.74) is 2.54. The van der Waals surface area contributed by atoms with Crippen LogP contribution in [0.4, 0.5) is 16.2 Å². The summed E-state index contributed by atoms with van der Waals surface area (Å²) in [7, 11) is 1.76. The summed E-state index contributed by atoms with van der Waals surface area (Å²) in [4.78, 5) is 29.1. The zero-order chi connectivity index (χ0) is 16.2. The van der Waals surface area contributed by atoms with E-state index in [1.54, 1.807) is 30.5 Å². The number of hydrogen-bond donors (Lipinski definition) is 2. The highest BCUT2D eigenvalue weighted by Crippen LogP contribution is 2.29. The Balaban J connectivity index is 1.47. The van der Waals surface area contributed by atoms with E-state index in [2.05, 4.69) is 15.6 Å². The normalized spacial score (nSPS) is 13.1. The van der Waals surface area contributed by atoms with Gasteiger partial charge in [-0.05, 0) is 30.2 Å². The van der Waals surface area contributed by atoms with Gasteiger partial charge in [0.25, 0.3) is 0 Å². The van der Waals surface area contributed by atoms with E-state index in [1.807, 2.05) is 22.9 Å². The fourth-order valence-electron chi connectivity index (χ4n) is 2.61. The third-order valence-electron chi connectivity index (χ3n) is 3.85. The van der Waals surface area contributed by atoms with Crippen LogP contribution >= 0.6 is 0 Å². The van der Waals surface area contributed by atoms with Gasteiger partial charge in [-0.2, -0.15) is 0 Å². The Bertz CT molecular complexity index is 711. The predicted molar refractivity (Wildman–Crippen MR) is 87.4 cm³/mol. The van der Waals surface area contributed by atoms with Gasteiger partial charge in [-0.1, -0.05) is 0 Å². The molecule has 0 fully saturated rings. The molecule has 0 spiro atoms. The number of nitrogens with zero attached hydrogens (tertiary/aromatic N) is 3. The molecule has 1 aromatic carbocycles. The Labute approximate surface area is 134 Å². The molecule has 3 rings (SSSR count). The Hall–Kier alpha value is -2.83. The van der Waals surface area contributed by atoms with Crippen molar-refractivity contribution in [3.63, 3.8) is 0 Å². The topological polar surface area (TPSA) is 79.3 Å². The van der Waals surface area contributed by atoms with Crippen LogP contribution < -0.4 is 15.5 Å². The van der Waals surface area contributed by atoms with E-state index < -0.39 is 0 Å². The molecule has 0 radical (unpaired) electrons. The van der Waals surface area contributed by atoms with Crippen molar-refractivity contribution in [1.82, 2.24) is 14.9 Å². The molecular formula is C16H19N5O2. The van der Waals surface area contributed by atoms with Crippen LogP contribution in [0.25, 0.3) is 0 Å². The first-order chi connectivity index (χ1) is 11.1. The number of imidazole rings is 1. The number of carbonyl (C=O) groups is 2. The largest absolute Gasteiger partial charge is 0.338 e. The van der Waals surface area contributed by atoms with Gasteiger partial charge in [-0.3, -0.25) is 4.79 Å². The first-order valence-corrected chi connectivity index (χ1v) is 7.53. The average Bonchev–Trinajstić information content (AvgIpc) is 3.13. The molecule has 23 heavy (non-hydrogen) atoms. The number of urea groups is 1. The second kappa shape index (κ2) is 6.51. The molecule has 7 heteroatoms. The Morgan fingerprint density at radius 1 is 1.39 bits per heavy atom. The van der Waals surface area contributed by atoms with Gasteiger partial charge in [-0.15, -0.1) is 0 Å². The second-order valence-corrected chi connectivity index (χ2v) is 5.51. The molecule has 0 unspecified atom stereocenters. The highest BCUT2D eigenvalue weighted by Gasteiger charge is 2.23. The van der Waals surface area contributed by atoms with Crippen molar-refractivity contribution in [2.45, 2.75) is 19.4 Å². The van der Waals surface area contributed by atoms with Crippen LogP contribution in [0.5, 0.6) is 0 Å². The Kier molecular flexibility index (Phi) is 4.27. The zero-order valence-corrected chi connectivity index (χ0v) is 13.0. The molecule has 120 valence electrons. The molecule has 2 aromatic rings. The molecule has 1 aromatic heterocycles. The lowest BCUT2D eigenvalue weighted by atomic mass is 10.1. The van der Waals surface area contributed by atoms with Crippen molar-refractivity contribution < 1.29 is 9.59 Å². The van der Waals surface area contributed by atoms with Gasteiger partial charge in [0.1, 0.15) is 0 Å².